The topological polar surface area (TPSA) is 41.1 Å². The quantitative estimate of drug-likeness (QED) is 0.891. The van der Waals surface area contributed by atoms with Crippen LogP contribution in [0.5, 0.6) is 0 Å². The summed E-state index contributed by atoms with van der Waals surface area (Å²) in [6.45, 7) is 9.29. The van der Waals surface area contributed by atoms with Crippen LogP contribution in [0.3, 0.4) is 0 Å². The van der Waals surface area contributed by atoms with Crippen LogP contribution in [0.25, 0.3) is 0 Å². The lowest BCUT2D eigenvalue weighted by Gasteiger charge is -2.08. The van der Waals surface area contributed by atoms with Crippen LogP contribution in [0.1, 0.15) is 27.7 Å². The van der Waals surface area contributed by atoms with Gasteiger partial charge in [-0.1, -0.05) is 43.6 Å². The summed E-state index contributed by atoms with van der Waals surface area (Å²) in [7, 11) is 0. The van der Waals surface area contributed by atoms with E-state index in [0.717, 1.165) is 10.2 Å². The van der Waals surface area contributed by atoms with E-state index < -0.39 is 0 Å². The van der Waals surface area contributed by atoms with Crippen molar-refractivity contribution in [2.24, 2.45) is 10.8 Å². The molecule has 0 unspecified atom stereocenters. The van der Waals surface area contributed by atoms with Gasteiger partial charge in [0.15, 0.2) is 0 Å². The van der Waals surface area contributed by atoms with Crippen LogP contribution in [-0.4, -0.2) is 18.5 Å². The predicted molar refractivity (Wildman–Crippen MR) is 82.1 cm³/mol. The Hall–Kier alpha value is -0.870. The summed E-state index contributed by atoms with van der Waals surface area (Å²) in [6, 6.07) is 7.99. The van der Waals surface area contributed by atoms with Gasteiger partial charge in [-0.25, -0.2) is 0 Å². The fourth-order valence-corrected chi connectivity index (χ4v) is 2.90. The lowest BCUT2D eigenvalue weighted by Crippen LogP contribution is -2.32. The number of amides is 1. The van der Waals surface area contributed by atoms with E-state index in [1.165, 1.54) is 0 Å². The lowest BCUT2D eigenvalue weighted by molar-refractivity contribution is -0.115. The van der Waals surface area contributed by atoms with Crippen LogP contribution in [-0.2, 0) is 4.79 Å². The van der Waals surface area contributed by atoms with Crippen LogP contribution >= 0.6 is 15.9 Å². The molecule has 2 rings (SSSR count). The molecule has 104 valence electrons. The molecule has 0 heterocycles. The third kappa shape index (κ3) is 2.84. The van der Waals surface area contributed by atoms with Crippen molar-refractivity contribution in [2.75, 3.05) is 11.9 Å². The van der Waals surface area contributed by atoms with Crippen molar-refractivity contribution in [1.82, 2.24) is 5.32 Å². The molecule has 0 radical (unpaired) electrons. The normalized spacial score (nSPS) is 20.1. The first-order chi connectivity index (χ1) is 8.75. The number of benzene rings is 1. The van der Waals surface area contributed by atoms with E-state index in [9.17, 15) is 4.79 Å². The second-order valence-corrected chi connectivity index (χ2v) is 7.23. The summed E-state index contributed by atoms with van der Waals surface area (Å²) in [4.78, 5) is 11.9. The number of hydrogen-bond donors (Lipinski definition) is 2. The largest absolute Gasteiger partial charge is 0.325 e. The van der Waals surface area contributed by atoms with E-state index in [-0.39, 0.29) is 16.7 Å². The summed E-state index contributed by atoms with van der Waals surface area (Å²) in [6.07, 6.45) is 0. The van der Waals surface area contributed by atoms with Crippen molar-refractivity contribution in [2.45, 2.75) is 33.7 Å². The van der Waals surface area contributed by atoms with Gasteiger partial charge in [-0.05, 0) is 35.1 Å². The Balaban J connectivity index is 1.82. The van der Waals surface area contributed by atoms with E-state index in [1.807, 2.05) is 24.3 Å². The molecule has 19 heavy (non-hydrogen) atoms. The summed E-state index contributed by atoms with van der Waals surface area (Å²) >= 11 is 3.37. The first kappa shape index (κ1) is 14.5. The van der Waals surface area contributed by atoms with Gasteiger partial charge in [0, 0.05) is 16.2 Å². The number of carbonyl (C=O) groups excluding carboxylic acids is 1. The lowest BCUT2D eigenvalue weighted by atomic mass is 10.0. The van der Waals surface area contributed by atoms with Gasteiger partial charge in [-0.15, -0.1) is 0 Å². The van der Waals surface area contributed by atoms with Crippen molar-refractivity contribution in [3.63, 3.8) is 0 Å². The van der Waals surface area contributed by atoms with Crippen molar-refractivity contribution < 1.29 is 4.79 Å². The molecule has 1 amide bonds. The second-order valence-electron chi connectivity index (χ2n) is 6.31. The molecule has 1 saturated carbocycles. The molecule has 1 aromatic carbocycles. The summed E-state index contributed by atoms with van der Waals surface area (Å²) in [5.74, 6) is 0.000762. The molecule has 0 aromatic heterocycles. The van der Waals surface area contributed by atoms with Crippen LogP contribution in [0.2, 0.25) is 0 Å². The van der Waals surface area contributed by atoms with Gasteiger partial charge >= 0.3 is 0 Å². The van der Waals surface area contributed by atoms with Gasteiger partial charge in [-0.2, -0.15) is 0 Å². The molecule has 0 spiro atoms. The van der Waals surface area contributed by atoms with Crippen LogP contribution in [0.4, 0.5) is 5.69 Å². The predicted octanol–water partition coefficient (Wildman–Crippen LogP) is 3.41. The van der Waals surface area contributed by atoms with E-state index in [2.05, 4.69) is 54.3 Å². The zero-order valence-electron chi connectivity index (χ0n) is 11.9. The van der Waals surface area contributed by atoms with Gasteiger partial charge in [0.25, 0.3) is 0 Å². The Labute approximate surface area is 123 Å². The molecule has 1 fully saturated rings. The maximum Gasteiger partial charge on any atom is 0.238 e. The fourth-order valence-electron chi connectivity index (χ4n) is 2.64. The molecule has 0 bridgehead atoms. The van der Waals surface area contributed by atoms with Crippen molar-refractivity contribution >= 4 is 27.5 Å². The highest BCUT2D eigenvalue weighted by atomic mass is 79.9. The Kier molecular flexibility index (Phi) is 3.76. The van der Waals surface area contributed by atoms with Gasteiger partial charge in [0.05, 0.1) is 6.54 Å². The van der Waals surface area contributed by atoms with Crippen molar-refractivity contribution in [3.05, 3.63) is 28.7 Å². The minimum absolute atomic E-state index is 0.000762. The first-order valence-corrected chi connectivity index (χ1v) is 7.33. The average molecular weight is 325 g/mol. The highest BCUT2D eigenvalue weighted by molar-refractivity contribution is 9.10. The molecule has 1 aliphatic rings. The maximum atomic E-state index is 11.9. The molecule has 4 heteroatoms. The highest BCUT2D eigenvalue weighted by Crippen LogP contribution is 2.62. The summed E-state index contributed by atoms with van der Waals surface area (Å²) in [5.41, 5.74) is 1.33. The minimum Gasteiger partial charge on any atom is -0.325 e. The molecule has 3 nitrogen and oxygen atoms in total. The molecule has 1 aliphatic carbocycles. The van der Waals surface area contributed by atoms with Crippen molar-refractivity contribution in [1.29, 1.82) is 0 Å². The Morgan fingerprint density at radius 1 is 1.16 bits per heavy atom. The Morgan fingerprint density at radius 3 is 2.16 bits per heavy atom. The number of halogens is 1. The smallest absolute Gasteiger partial charge is 0.238 e. The molecule has 2 N–H and O–H groups in total. The zero-order chi connectivity index (χ0) is 14.3. The van der Waals surface area contributed by atoms with Crippen molar-refractivity contribution in [3.8, 4) is 0 Å². The minimum atomic E-state index is 0.000762. The standard InChI is InChI=1S/C15H21BrN2O/c1-14(2)13(15(14,3)4)17-9-12(19)18-11-7-5-10(16)6-8-11/h5-8,13,17H,9H2,1-4H3,(H,18,19). The number of carbonyl (C=O) groups is 1. The second kappa shape index (κ2) is 4.91. The van der Waals surface area contributed by atoms with Gasteiger partial charge < -0.3 is 10.6 Å². The summed E-state index contributed by atoms with van der Waals surface area (Å²) < 4.78 is 1.00. The molecular formula is C15H21BrN2O. The zero-order valence-corrected chi connectivity index (χ0v) is 13.5. The first-order valence-electron chi connectivity index (χ1n) is 6.54. The van der Waals surface area contributed by atoms with Gasteiger partial charge in [0.2, 0.25) is 5.91 Å². The average Bonchev–Trinajstić information content (AvgIpc) is 2.70. The van der Waals surface area contributed by atoms with E-state index in [4.69, 9.17) is 0 Å². The number of nitrogens with one attached hydrogen (secondary N) is 2. The Morgan fingerprint density at radius 2 is 1.68 bits per heavy atom. The van der Waals surface area contributed by atoms with Gasteiger partial charge in [0.1, 0.15) is 0 Å². The molecule has 0 saturated heterocycles. The van der Waals surface area contributed by atoms with Crippen LogP contribution in [0.15, 0.2) is 28.7 Å². The van der Waals surface area contributed by atoms with E-state index >= 15 is 0 Å². The number of rotatable bonds is 4. The van der Waals surface area contributed by atoms with Crippen LogP contribution in [0, 0.1) is 10.8 Å². The Bertz CT molecular complexity index is 465. The molecule has 0 aliphatic heterocycles. The molecular weight excluding hydrogens is 304 g/mol. The number of anilines is 1. The molecule has 1 aromatic rings. The SMILES string of the molecule is CC1(C)C(NCC(=O)Nc2ccc(Br)cc2)C1(C)C. The summed E-state index contributed by atoms with van der Waals surface area (Å²) in [5, 5.41) is 6.23. The highest BCUT2D eigenvalue weighted by Gasteiger charge is 2.64. The van der Waals surface area contributed by atoms with E-state index in [1.54, 1.807) is 0 Å². The third-order valence-corrected chi connectivity index (χ3v) is 5.14. The maximum absolute atomic E-state index is 11.9. The molecule has 0 atom stereocenters. The van der Waals surface area contributed by atoms with Gasteiger partial charge in [-0.3, -0.25) is 4.79 Å². The monoisotopic (exact) mass is 324 g/mol. The van der Waals surface area contributed by atoms with E-state index in [0.29, 0.717) is 12.6 Å². The third-order valence-electron chi connectivity index (χ3n) is 4.62. The van der Waals surface area contributed by atoms with Crippen LogP contribution < -0.4 is 10.6 Å². The fraction of sp³-hybridized carbons (Fsp3) is 0.533. The number of hydrogen-bond acceptors (Lipinski definition) is 2.